The summed E-state index contributed by atoms with van der Waals surface area (Å²) in [5, 5.41) is 3.02. The lowest BCUT2D eigenvalue weighted by atomic mass is 9.96. The maximum absolute atomic E-state index is 12.5. The summed E-state index contributed by atoms with van der Waals surface area (Å²) in [6.45, 7) is 5.29. The molecule has 25 heavy (non-hydrogen) atoms. The average Bonchev–Trinajstić information content (AvgIpc) is 3.02. The van der Waals surface area contributed by atoms with Crippen molar-refractivity contribution in [2.45, 2.75) is 26.3 Å². The van der Waals surface area contributed by atoms with E-state index in [1.54, 1.807) is 0 Å². The minimum Gasteiger partial charge on any atom is -0.494 e. The van der Waals surface area contributed by atoms with Crippen LogP contribution in [0.1, 0.15) is 25.6 Å². The zero-order valence-electron chi connectivity index (χ0n) is 14.9. The van der Waals surface area contributed by atoms with Gasteiger partial charge in [0.1, 0.15) is 11.6 Å². The molecule has 1 aliphatic rings. The Kier molecular flexibility index (Phi) is 5.71. The van der Waals surface area contributed by atoms with Crippen molar-refractivity contribution in [3.05, 3.63) is 42.5 Å². The Hall–Kier alpha value is -2.34. The number of benzene rings is 1. The van der Waals surface area contributed by atoms with Crippen LogP contribution in [0.15, 0.2) is 36.7 Å². The van der Waals surface area contributed by atoms with Crippen LogP contribution in [-0.4, -0.2) is 40.1 Å². The van der Waals surface area contributed by atoms with Gasteiger partial charge in [0.2, 0.25) is 5.91 Å². The Balaban J connectivity index is 1.47. The zero-order valence-corrected chi connectivity index (χ0v) is 14.9. The summed E-state index contributed by atoms with van der Waals surface area (Å²) in [4.78, 5) is 19.2. The van der Waals surface area contributed by atoms with Crippen molar-refractivity contribution in [3.8, 4) is 5.75 Å². The Bertz CT molecular complexity index is 688. The van der Waals surface area contributed by atoms with E-state index in [0.29, 0.717) is 6.61 Å². The predicted octanol–water partition coefficient (Wildman–Crippen LogP) is 2.67. The number of anilines is 1. The molecular weight excluding hydrogens is 316 g/mol. The van der Waals surface area contributed by atoms with Gasteiger partial charge in [-0.15, -0.1) is 0 Å². The van der Waals surface area contributed by atoms with Crippen molar-refractivity contribution >= 4 is 11.6 Å². The maximum Gasteiger partial charge on any atom is 0.227 e. The van der Waals surface area contributed by atoms with Gasteiger partial charge in [-0.05, 0) is 57.1 Å². The number of carbonyl (C=O) groups excluding carboxylic acids is 1. The van der Waals surface area contributed by atoms with Crippen molar-refractivity contribution in [2.75, 3.05) is 25.0 Å². The van der Waals surface area contributed by atoms with E-state index < -0.39 is 0 Å². The molecule has 6 nitrogen and oxygen atoms in total. The number of ether oxygens (including phenoxy) is 1. The number of piperidine rings is 1. The van der Waals surface area contributed by atoms with Crippen molar-refractivity contribution in [2.24, 2.45) is 13.0 Å². The molecule has 0 spiro atoms. The number of aryl methyl sites for hydroxylation is 1. The number of nitrogens with one attached hydrogen (secondary N) is 1. The van der Waals surface area contributed by atoms with Gasteiger partial charge >= 0.3 is 0 Å². The van der Waals surface area contributed by atoms with Gasteiger partial charge in [0.25, 0.3) is 0 Å². The lowest BCUT2D eigenvalue weighted by Gasteiger charge is -2.30. The molecule has 1 N–H and O–H groups in total. The molecule has 1 aliphatic heterocycles. The minimum atomic E-state index is 0.0733. The van der Waals surface area contributed by atoms with Gasteiger partial charge in [-0.2, -0.15) is 0 Å². The van der Waals surface area contributed by atoms with Crippen LogP contribution >= 0.6 is 0 Å². The lowest BCUT2D eigenvalue weighted by molar-refractivity contribution is -0.121. The molecule has 6 heteroatoms. The molecule has 1 saturated heterocycles. The molecular formula is C19H26N4O2. The van der Waals surface area contributed by atoms with E-state index in [-0.39, 0.29) is 11.8 Å². The summed E-state index contributed by atoms with van der Waals surface area (Å²) in [5.74, 6) is 2.07. The maximum atomic E-state index is 12.5. The number of aromatic nitrogens is 2. The largest absolute Gasteiger partial charge is 0.494 e. The number of amides is 1. The van der Waals surface area contributed by atoms with Crippen LogP contribution in [-0.2, 0) is 18.4 Å². The van der Waals surface area contributed by atoms with E-state index in [0.717, 1.165) is 49.7 Å². The Morgan fingerprint density at radius 3 is 2.60 bits per heavy atom. The molecule has 0 radical (unpaired) electrons. The quantitative estimate of drug-likeness (QED) is 0.877. The van der Waals surface area contributed by atoms with Crippen LogP contribution in [0.25, 0.3) is 0 Å². The third kappa shape index (κ3) is 4.60. The van der Waals surface area contributed by atoms with Gasteiger partial charge in [-0.1, -0.05) is 0 Å². The summed E-state index contributed by atoms with van der Waals surface area (Å²) in [6, 6.07) is 7.54. The Morgan fingerprint density at radius 2 is 2.00 bits per heavy atom. The summed E-state index contributed by atoms with van der Waals surface area (Å²) in [5.41, 5.74) is 0.823. The zero-order chi connectivity index (χ0) is 17.6. The molecule has 2 heterocycles. The highest BCUT2D eigenvalue weighted by molar-refractivity contribution is 5.92. The smallest absolute Gasteiger partial charge is 0.227 e. The van der Waals surface area contributed by atoms with E-state index in [4.69, 9.17) is 4.74 Å². The monoisotopic (exact) mass is 342 g/mol. The van der Waals surface area contributed by atoms with E-state index in [1.165, 1.54) is 0 Å². The molecule has 1 fully saturated rings. The summed E-state index contributed by atoms with van der Waals surface area (Å²) in [7, 11) is 2.01. The molecule has 1 aromatic carbocycles. The van der Waals surface area contributed by atoms with Gasteiger partial charge in [-0.3, -0.25) is 9.69 Å². The second-order valence-corrected chi connectivity index (χ2v) is 6.45. The van der Waals surface area contributed by atoms with Gasteiger partial charge < -0.3 is 14.6 Å². The average molecular weight is 342 g/mol. The number of carbonyl (C=O) groups is 1. The fourth-order valence-electron chi connectivity index (χ4n) is 3.15. The first-order valence-corrected chi connectivity index (χ1v) is 8.88. The summed E-state index contributed by atoms with van der Waals surface area (Å²) in [6.07, 6.45) is 5.55. The summed E-state index contributed by atoms with van der Waals surface area (Å²) < 4.78 is 7.47. The molecule has 0 aliphatic carbocycles. The van der Waals surface area contributed by atoms with Crippen LogP contribution in [0.3, 0.4) is 0 Å². The number of hydrogen-bond acceptors (Lipinski definition) is 4. The Labute approximate surface area is 148 Å². The number of rotatable bonds is 6. The number of hydrogen-bond donors (Lipinski definition) is 1. The molecule has 1 amide bonds. The first-order chi connectivity index (χ1) is 12.2. The van der Waals surface area contributed by atoms with Gasteiger partial charge in [0.05, 0.1) is 13.2 Å². The molecule has 134 valence electrons. The predicted molar refractivity (Wildman–Crippen MR) is 97.4 cm³/mol. The van der Waals surface area contributed by atoms with E-state index >= 15 is 0 Å². The third-order valence-corrected chi connectivity index (χ3v) is 4.68. The van der Waals surface area contributed by atoms with E-state index in [9.17, 15) is 4.79 Å². The van der Waals surface area contributed by atoms with Crippen LogP contribution < -0.4 is 10.1 Å². The number of likely N-dealkylation sites (tertiary alicyclic amines) is 1. The highest BCUT2D eigenvalue weighted by atomic mass is 16.5. The van der Waals surface area contributed by atoms with Gasteiger partial charge in [0.15, 0.2) is 0 Å². The molecule has 2 aromatic rings. The Morgan fingerprint density at radius 1 is 1.28 bits per heavy atom. The molecule has 0 bridgehead atoms. The standard InChI is InChI=1S/C19H26N4O2/c1-3-25-17-6-4-16(5-7-17)21-19(24)15-8-11-23(12-9-15)14-18-20-10-13-22(18)2/h4-7,10,13,15H,3,8-9,11-12,14H2,1-2H3,(H,21,24). The second kappa shape index (κ2) is 8.16. The van der Waals surface area contributed by atoms with Crippen LogP contribution in [0, 0.1) is 5.92 Å². The normalized spacial score (nSPS) is 15.9. The van der Waals surface area contributed by atoms with Crippen molar-refractivity contribution < 1.29 is 9.53 Å². The first kappa shape index (κ1) is 17.5. The highest BCUT2D eigenvalue weighted by Gasteiger charge is 2.25. The lowest BCUT2D eigenvalue weighted by Crippen LogP contribution is -2.38. The number of imidazole rings is 1. The van der Waals surface area contributed by atoms with Crippen LogP contribution in [0.4, 0.5) is 5.69 Å². The van der Waals surface area contributed by atoms with E-state index in [2.05, 4.69) is 15.2 Å². The highest BCUT2D eigenvalue weighted by Crippen LogP contribution is 2.22. The first-order valence-electron chi connectivity index (χ1n) is 8.88. The van der Waals surface area contributed by atoms with Crippen molar-refractivity contribution in [1.29, 1.82) is 0 Å². The van der Waals surface area contributed by atoms with Crippen molar-refractivity contribution in [3.63, 3.8) is 0 Å². The summed E-state index contributed by atoms with van der Waals surface area (Å²) >= 11 is 0. The molecule has 3 rings (SSSR count). The third-order valence-electron chi connectivity index (χ3n) is 4.68. The number of nitrogens with zero attached hydrogens (tertiary/aromatic N) is 3. The van der Waals surface area contributed by atoms with Gasteiger partial charge in [0, 0.05) is 31.0 Å². The topological polar surface area (TPSA) is 59.4 Å². The molecule has 0 atom stereocenters. The van der Waals surface area contributed by atoms with Crippen LogP contribution in [0.5, 0.6) is 5.75 Å². The SMILES string of the molecule is CCOc1ccc(NC(=O)C2CCN(Cc3nccn3C)CC2)cc1. The molecule has 0 saturated carbocycles. The van der Waals surface area contributed by atoms with E-state index in [1.807, 2.05) is 55.2 Å². The fraction of sp³-hybridized carbons (Fsp3) is 0.474. The fourth-order valence-corrected chi connectivity index (χ4v) is 3.15. The van der Waals surface area contributed by atoms with Crippen LogP contribution in [0.2, 0.25) is 0 Å². The van der Waals surface area contributed by atoms with Gasteiger partial charge in [-0.25, -0.2) is 4.98 Å². The van der Waals surface area contributed by atoms with Crippen molar-refractivity contribution in [1.82, 2.24) is 14.5 Å². The molecule has 1 aromatic heterocycles. The second-order valence-electron chi connectivity index (χ2n) is 6.45. The molecule has 0 unspecified atom stereocenters. The minimum absolute atomic E-state index is 0.0733.